The molecule has 2 aromatic carbocycles. The maximum Gasteiger partial charge on any atom is 0.229 e. The Kier molecular flexibility index (Phi) is 8.29. The average Bonchev–Trinajstić information content (AvgIpc) is 2.92. The summed E-state index contributed by atoms with van der Waals surface area (Å²) in [6.45, 7) is 8.27. The first-order chi connectivity index (χ1) is 18.7. The van der Waals surface area contributed by atoms with Crippen LogP contribution in [-0.4, -0.2) is 68.4 Å². The molecule has 0 saturated carbocycles. The normalized spacial score (nSPS) is 16.6. The number of hydrogen-bond acceptors (Lipinski definition) is 9. The Hall–Kier alpha value is -2.89. The van der Waals surface area contributed by atoms with Crippen LogP contribution in [0.3, 0.4) is 0 Å². The highest BCUT2D eigenvalue weighted by atomic mass is 79.9. The summed E-state index contributed by atoms with van der Waals surface area (Å²) in [5.41, 5.74) is 2.39. The van der Waals surface area contributed by atoms with E-state index in [-0.39, 0.29) is 4.90 Å². The van der Waals surface area contributed by atoms with Gasteiger partial charge < -0.3 is 25.2 Å². The van der Waals surface area contributed by atoms with Crippen molar-refractivity contribution in [3.63, 3.8) is 0 Å². The van der Waals surface area contributed by atoms with Crippen LogP contribution in [0.2, 0.25) is 0 Å². The lowest BCUT2D eigenvalue weighted by molar-refractivity contribution is 0.217. The van der Waals surface area contributed by atoms with E-state index in [1.807, 2.05) is 12.1 Å². The smallest absolute Gasteiger partial charge is 0.229 e. The molecule has 0 spiro atoms. The van der Waals surface area contributed by atoms with Gasteiger partial charge in [0.25, 0.3) is 0 Å². The van der Waals surface area contributed by atoms with Gasteiger partial charge in [-0.25, -0.2) is 13.4 Å². The van der Waals surface area contributed by atoms with E-state index in [0.29, 0.717) is 34.5 Å². The highest BCUT2D eigenvalue weighted by Gasteiger charge is 2.25. The number of aromatic nitrogens is 2. The van der Waals surface area contributed by atoms with Gasteiger partial charge in [-0.05, 0) is 92.9 Å². The third-order valence-electron chi connectivity index (χ3n) is 7.30. The molecule has 0 bridgehead atoms. The molecule has 0 unspecified atom stereocenters. The molecule has 3 heterocycles. The van der Waals surface area contributed by atoms with Gasteiger partial charge in [0, 0.05) is 24.5 Å². The van der Waals surface area contributed by atoms with Gasteiger partial charge in [0.15, 0.2) is 9.84 Å². The van der Waals surface area contributed by atoms with E-state index >= 15 is 0 Å². The molecule has 1 saturated heterocycles. The van der Waals surface area contributed by atoms with Crippen molar-refractivity contribution < 1.29 is 13.2 Å². The van der Waals surface area contributed by atoms with Gasteiger partial charge in [0.1, 0.15) is 18.2 Å². The van der Waals surface area contributed by atoms with Crippen LogP contribution in [0.25, 0.3) is 0 Å². The van der Waals surface area contributed by atoms with E-state index in [9.17, 15) is 8.42 Å². The van der Waals surface area contributed by atoms with Crippen LogP contribution in [-0.2, 0) is 9.84 Å². The van der Waals surface area contributed by atoms with Crippen LogP contribution in [0.4, 0.5) is 28.8 Å². The molecule has 1 aromatic heterocycles. The largest absolute Gasteiger partial charge is 0.489 e. The minimum Gasteiger partial charge on any atom is -0.489 e. The summed E-state index contributed by atoms with van der Waals surface area (Å²) in [6, 6.07) is 12.9. The molecule has 9 nitrogen and oxygen atoms in total. The molecule has 208 valence electrons. The second kappa shape index (κ2) is 11.7. The quantitative estimate of drug-likeness (QED) is 0.343. The molecular weight excluding hydrogens is 580 g/mol. The number of fused-ring (bicyclic) bond motifs is 1. The van der Waals surface area contributed by atoms with Crippen LogP contribution in [0.1, 0.15) is 26.7 Å². The number of nitrogens with one attached hydrogen (secondary N) is 2. The molecule has 5 rings (SSSR count). The van der Waals surface area contributed by atoms with Gasteiger partial charge in [-0.2, -0.15) is 4.98 Å². The Morgan fingerprint density at radius 2 is 1.87 bits per heavy atom. The van der Waals surface area contributed by atoms with Gasteiger partial charge in [-0.15, -0.1) is 0 Å². The summed E-state index contributed by atoms with van der Waals surface area (Å²) in [4.78, 5) is 14.1. The van der Waals surface area contributed by atoms with Crippen molar-refractivity contribution in [2.45, 2.75) is 36.8 Å². The highest BCUT2D eigenvalue weighted by molar-refractivity contribution is 9.10. The monoisotopic (exact) mass is 614 g/mol. The van der Waals surface area contributed by atoms with Crippen LogP contribution >= 0.6 is 15.9 Å². The number of ether oxygens (including phenoxy) is 1. The fourth-order valence-corrected chi connectivity index (χ4v) is 6.44. The van der Waals surface area contributed by atoms with Gasteiger partial charge in [-0.3, -0.25) is 0 Å². The van der Waals surface area contributed by atoms with Gasteiger partial charge in [0.2, 0.25) is 5.95 Å². The molecule has 2 N–H and O–H groups in total. The van der Waals surface area contributed by atoms with Gasteiger partial charge in [0.05, 0.1) is 32.5 Å². The summed E-state index contributed by atoms with van der Waals surface area (Å²) in [6.07, 6.45) is 4.09. The minimum atomic E-state index is -3.48. The summed E-state index contributed by atoms with van der Waals surface area (Å²) in [5, 5.41) is 5.90. The SMILES string of the molecule is CC(C)S(=O)(=O)c1ccccc1Nc1nc(Nc2ccc3c(c2)OCCN3CC2CCN(C)CC2)ncc1Br. The number of likely N-dealkylation sites (tertiary alicyclic amines) is 1. The average molecular weight is 616 g/mol. The number of rotatable bonds is 8. The molecule has 0 amide bonds. The third kappa shape index (κ3) is 6.31. The Morgan fingerprint density at radius 3 is 2.64 bits per heavy atom. The lowest BCUT2D eigenvalue weighted by Crippen LogP contribution is -2.40. The number of sulfone groups is 1. The van der Waals surface area contributed by atoms with Crippen LogP contribution in [0.15, 0.2) is 58.0 Å². The van der Waals surface area contributed by atoms with Crippen molar-refractivity contribution in [2.75, 3.05) is 55.4 Å². The first-order valence-electron chi connectivity index (χ1n) is 13.3. The topological polar surface area (TPSA) is 99.7 Å². The maximum atomic E-state index is 12.9. The molecule has 11 heteroatoms. The van der Waals surface area contributed by atoms with Gasteiger partial charge >= 0.3 is 0 Å². The fraction of sp³-hybridized carbons (Fsp3) is 0.429. The first kappa shape index (κ1) is 27.7. The molecule has 39 heavy (non-hydrogen) atoms. The third-order valence-corrected chi connectivity index (χ3v) is 10.1. The number of halogens is 1. The zero-order valence-electron chi connectivity index (χ0n) is 22.5. The molecule has 3 aromatic rings. The molecule has 0 radical (unpaired) electrons. The second-order valence-electron chi connectivity index (χ2n) is 10.5. The van der Waals surface area contributed by atoms with Crippen molar-refractivity contribution in [1.82, 2.24) is 14.9 Å². The highest BCUT2D eigenvalue weighted by Crippen LogP contribution is 2.36. The fourth-order valence-electron chi connectivity index (χ4n) is 4.94. The second-order valence-corrected chi connectivity index (χ2v) is 13.8. The van der Waals surface area contributed by atoms with Crippen LogP contribution in [0.5, 0.6) is 5.75 Å². The molecule has 0 aliphatic carbocycles. The molecule has 0 atom stereocenters. The standard InChI is InChI=1S/C28H35BrN6O3S/c1-19(2)39(36,37)26-7-5-4-6-23(26)32-27-22(29)17-30-28(33-27)31-21-8-9-24-25(16-21)38-15-14-35(24)18-20-10-12-34(3)13-11-20/h4-9,16-17,19-20H,10-15,18H2,1-3H3,(H2,30,31,32,33). The number of benzene rings is 2. The number of anilines is 5. The Morgan fingerprint density at radius 1 is 1.10 bits per heavy atom. The summed E-state index contributed by atoms with van der Waals surface area (Å²) >= 11 is 3.48. The van der Waals surface area contributed by atoms with Crippen molar-refractivity contribution in [3.05, 3.63) is 53.1 Å². The van der Waals surface area contributed by atoms with Crippen molar-refractivity contribution >= 4 is 54.6 Å². The molecule has 1 fully saturated rings. The van der Waals surface area contributed by atoms with E-state index in [2.05, 4.69) is 59.4 Å². The number of piperidine rings is 1. The van der Waals surface area contributed by atoms with Crippen LogP contribution in [0, 0.1) is 5.92 Å². The zero-order valence-corrected chi connectivity index (χ0v) is 24.9. The van der Waals surface area contributed by atoms with E-state index in [1.54, 1.807) is 44.3 Å². The molecule has 2 aliphatic rings. The first-order valence-corrected chi connectivity index (χ1v) is 15.6. The number of hydrogen-bond donors (Lipinski definition) is 2. The van der Waals surface area contributed by atoms with Crippen molar-refractivity contribution in [1.29, 1.82) is 0 Å². The van der Waals surface area contributed by atoms with Crippen LogP contribution < -0.4 is 20.3 Å². The number of para-hydroxylation sites is 1. The predicted octanol–water partition coefficient (Wildman–Crippen LogP) is 5.45. The Labute approximate surface area is 239 Å². The summed E-state index contributed by atoms with van der Waals surface area (Å²) in [5.74, 6) is 2.39. The Bertz CT molecular complexity index is 1430. The van der Waals surface area contributed by atoms with Gasteiger partial charge in [-0.1, -0.05) is 12.1 Å². The predicted molar refractivity (Wildman–Crippen MR) is 159 cm³/mol. The number of nitrogens with zero attached hydrogens (tertiary/aromatic N) is 4. The van der Waals surface area contributed by atoms with E-state index in [1.165, 1.54) is 12.8 Å². The molecule has 2 aliphatic heterocycles. The lowest BCUT2D eigenvalue weighted by atomic mass is 9.96. The molecular formula is C28H35BrN6O3S. The van der Waals surface area contributed by atoms with Crippen molar-refractivity contribution in [2.24, 2.45) is 5.92 Å². The summed E-state index contributed by atoms with van der Waals surface area (Å²) < 4.78 is 32.4. The lowest BCUT2D eigenvalue weighted by Gasteiger charge is -2.37. The van der Waals surface area contributed by atoms with E-state index in [4.69, 9.17) is 4.74 Å². The van der Waals surface area contributed by atoms with Crippen molar-refractivity contribution in [3.8, 4) is 5.75 Å². The van der Waals surface area contributed by atoms with E-state index in [0.717, 1.165) is 43.3 Å². The zero-order chi connectivity index (χ0) is 27.6. The minimum absolute atomic E-state index is 0.233. The Balaban J connectivity index is 1.33. The van der Waals surface area contributed by atoms with E-state index < -0.39 is 15.1 Å². The maximum absolute atomic E-state index is 12.9. The summed E-state index contributed by atoms with van der Waals surface area (Å²) in [7, 11) is -1.29.